The van der Waals surface area contributed by atoms with Gasteiger partial charge >= 0.3 is 10.2 Å². The molecule has 0 fully saturated rings. The molecule has 1 atom stereocenters. The molecule has 0 bridgehead atoms. The van der Waals surface area contributed by atoms with E-state index in [1.165, 1.54) is 14.1 Å². The molecule has 0 aliphatic carbocycles. The van der Waals surface area contributed by atoms with Gasteiger partial charge in [-0.2, -0.15) is 12.7 Å². The molecule has 2 aromatic rings. The summed E-state index contributed by atoms with van der Waals surface area (Å²) in [7, 11) is -0.877. The van der Waals surface area contributed by atoms with E-state index in [1.807, 2.05) is 36.6 Å². The minimum atomic E-state index is -3.79. The summed E-state index contributed by atoms with van der Waals surface area (Å²) >= 11 is 1.59. The Kier molecular flexibility index (Phi) is 7.41. The summed E-state index contributed by atoms with van der Waals surface area (Å²) in [6.45, 7) is 3.72. The predicted molar refractivity (Wildman–Crippen MR) is 111 cm³/mol. The highest BCUT2D eigenvalue weighted by atomic mass is 32.2. The molecule has 0 aliphatic heterocycles. The summed E-state index contributed by atoms with van der Waals surface area (Å²) in [6.07, 6.45) is 1.72. The molecule has 6 nitrogen and oxygen atoms in total. The van der Waals surface area contributed by atoms with Crippen molar-refractivity contribution in [3.8, 4) is 0 Å². The minimum Gasteiger partial charge on any atom is -0.347 e. The van der Waals surface area contributed by atoms with Gasteiger partial charge in [-0.3, -0.25) is 4.79 Å². The summed E-state index contributed by atoms with van der Waals surface area (Å²) in [5.74, 6) is -0.326. The van der Waals surface area contributed by atoms with E-state index in [0.717, 1.165) is 31.9 Å². The van der Waals surface area contributed by atoms with Crippen molar-refractivity contribution in [2.24, 2.45) is 0 Å². The Balaban J connectivity index is 2.23. The van der Waals surface area contributed by atoms with Crippen LogP contribution >= 0.6 is 11.3 Å². The van der Waals surface area contributed by atoms with Crippen LogP contribution in [0.2, 0.25) is 0 Å². The van der Waals surface area contributed by atoms with Gasteiger partial charge in [-0.05, 0) is 36.9 Å². The van der Waals surface area contributed by atoms with Gasteiger partial charge in [0.2, 0.25) is 5.91 Å². The summed E-state index contributed by atoms with van der Waals surface area (Å²) in [4.78, 5) is 13.8. The molecule has 0 spiro atoms. The molecule has 0 saturated heterocycles. The van der Waals surface area contributed by atoms with Gasteiger partial charge in [0, 0.05) is 19.0 Å². The van der Waals surface area contributed by atoms with Crippen LogP contribution < -0.4 is 9.62 Å². The van der Waals surface area contributed by atoms with Crippen molar-refractivity contribution in [1.29, 1.82) is 0 Å². The molecule has 1 heterocycles. The van der Waals surface area contributed by atoms with Gasteiger partial charge in [-0.25, -0.2) is 4.31 Å². The van der Waals surface area contributed by atoms with Crippen LogP contribution in [0.1, 0.15) is 36.2 Å². The maximum Gasteiger partial charge on any atom is 0.304 e. The topological polar surface area (TPSA) is 69.7 Å². The number of amides is 1. The van der Waals surface area contributed by atoms with Crippen LogP contribution in [-0.2, 0) is 15.0 Å². The van der Waals surface area contributed by atoms with E-state index in [0.29, 0.717) is 5.69 Å². The number of rotatable bonds is 9. The fourth-order valence-electron chi connectivity index (χ4n) is 2.65. The van der Waals surface area contributed by atoms with Crippen molar-refractivity contribution < 1.29 is 13.2 Å². The highest BCUT2D eigenvalue weighted by Crippen LogP contribution is 2.24. The van der Waals surface area contributed by atoms with Gasteiger partial charge in [0.15, 0.2) is 0 Å². The normalized spacial score (nSPS) is 12.8. The van der Waals surface area contributed by atoms with Gasteiger partial charge in [-0.1, -0.05) is 37.1 Å². The van der Waals surface area contributed by atoms with Crippen LogP contribution in [0.3, 0.4) is 0 Å². The Bertz CT molecular complexity index is 832. The Morgan fingerprint density at radius 3 is 2.37 bits per heavy atom. The van der Waals surface area contributed by atoms with Crippen molar-refractivity contribution >= 4 is 33.1 Å². The second-order valence-corrected chi connectivity index (χ2v) is 9.60. The smallest absolute Gasteiger partial charge is 0.304 e. The van der Waals surface area contributed by atoms with Gasteiger partial charge in [-0.15, -0.1) is 11.3 Å². The third kappa shape index (κ3) is 5.54. The second kappa shape index (κ2) is 9.34. The first-order valence-corrected chi connectivity index (χ1v) is 11.1. The van der Waals surface area contributed by atoms with Crippen LogP contribution in [0, 0.1) is 6.92 Å². The minimum absolute atomic E-state index is 0.107. The van der Waals surface area contributed by atoms with Crippen molar-refractivity contribution in [2.75, 3.05) is 24.9 Å². The zero-order valence-corrected chi connectivity index (χ0v) is 17.8. The molecule has 2 rings (SSSR count). The number of carbonyl (C=O) groups is 1. The van der Waals surface area contributed by atoms with Crippen molar-refractivity contribution in [3.05, 3.63) is 52.2 Å². The summed E-state index contributed by atoms with van der Waals surface area (Å²) in [5.41, 5.74) is 1.48. The molecule has 1 amide bonds. The highest BCUT2D eigenvalue weighted by molar-refractivity contribution is 7.90. The Hall–Kier alpha value is -1.90. The molecular weight excluding hydrogens is 382 g/mol. The maximum atomic E-state index is 12.8. The van der Waals surface area contributed by atoms with Crippen molar-refractivity contribution in [2.45, 2.75) is 32.7 Å². The van der Waals surface area contributed by atoms with E-state index in [2.05, 4.69) is 12.2 Å². The van der Waals surface area contributed by atoms with Crippen LogP contribution in [0.5, 0.6) is 0 Å². The van der Waals surface area contributed by atoms with E-state index in [9.17, 15) is 13.2 Å². The Morgan fingerprint density at radius 1 is 1.19 bits per heavy atom. The van der Waals surface area contributed by atoms with Gasteiger partial charge in [0.25, 0.3) is 0 Å². The number of hydrogen-bond acceptors (Lipinski definition) is 4. The van der Waals surface area contributed by atoms with Gasteiger partial charge in [0.05, 0.1) is 11.7 Å². The fourth-order valence-corrected chi connectivity index (χ4v) is 4.52. The molecule has 1 aromatic carbocycles. The van der Waals surface area contributed by atoms with Crippen LogP contribution in [0.4, 0.5) is 5.69 Å². The number of aryl methyl sites for hydroxylation is 1. The Morgan fingerprint density at radius 2 is 1.85 bits per heavy atom. The summed E-state index contributed by atoms with van der Waals surface area (Å²) in [6, 6.07) is 10.9. The SMILES string of the molecule is CCC[C@H](NC(=O)CN(c1ccc(C)cc1)S(=O)(=O)N(C)C)c1cccs1. The molecule has 1 N–H and O–H groups in total. The largest absolute Gasteiger partial charge is 0.347 e. The number of carbonyl (C=O) groups excluding carboxylic acids is 1. The Labute approximate surface area is 166 Å². The molecule has 8 heteroatoms. The summed E-state index contributed by atoms with van der Waals surface area (Å²) in [5, 5.41) is 4.96. The molecule has 27 heavy (non-hydrogen) atoms. The van der Waals surface area contributed by atoms with E-state index in [1.54, 1.807) is 23.5 Å². The molecule has 0 saturated carbocycles. The lowest BCUT2D eigenvalue weighted by molar-refractivity contribution is -0.120. The number of nitrogens with one attached hydrogen (secondary N) is 1. The number of anilines is 1. The average Bonchev–Trinajstić information content (AvgIpc) is 3.14. The zero-order chi connectivity index (χ0) is 20.0. The number of hydrogen-bond donors (Lipinski definition) is 1. The molecule has 148 valence electrons. The average molecular weight is 410 g/mol. The van der Waals surface area contributed by atoms with Crippen molar-refractivity contribution in [1.82, 2.24) is 9.62 Å². The highest BCUT2D eigenvalue weighted by Gasteiger charge is 2.28. The molecule has 0 unspecified atom stereocenters. The zero-order valence-electron chi connectivity index (χ0n) is 16.2. The first-order chi connectivity index (χ1) is 12.8. The molecular formula is C19H27N3O3S2. The second-order valence-electron chi connectivity index (χ2n) is 6.56. The monoisotopic (exact) mass is 409 g/mol. The number of nitrogens with zero attached hydrogens (tertiary/aromatic N) is 2. The molecule has 0 radical (unpaired) electrons. The number of benzene rings is 1. The van der Waals surface area contributed by atoms with E-state index >= 15 is 0 Å². The van der Waals surface area contributed by atoms with E-state index in [4.69, 9.17) is 0 Å². The lowest BCUT2D eigenvalue weighted by atomic mass is 10.1. The quantitative estimate of drug-likeness (QED) is 0.691. The maximum absolute atomic E-state index is 12.8. The van der Waals surface area contributed by atoms with Crippen molar-refractivity contribution in [3.63, 3.8) is 0 Å². The van der Waals surface area contributed by atoms with Crippen LogP contribution in [0.25, 0.3) is 0 Å². The van der Waals surface area contributed by atoms with Crippen LogP contribution in [0.15, 0.2) is 41.8 Å². The van der Waals surface area contributed by atoms with Gasteiger partial charge < -0.3 is 5.32 Å². The molecule has 1 aromatic heterocycles. The van der Waals surface area contributed by atoms with Crippen LogP contribution in [-0.4, -0.2) is 39.3 Å². The standard InChI is InChI=1S/C19H27N3O3S2/c1-5-7-17(18-8-6-13-26-18)20-19(23)14-22(27(24,25)21(3)4)16-11-9-15(2)10-12-16/h6,8-13,17H,5,7,14H2,1-4H3,(H,20,23)/t17-/m0/s1. The lowest BCUT2D eigenvalue weighted by Crippen LogP contribution is -2.46. The van der Waals surface area contributed by atoms with E-state index < -0.39 is 10.2 Å². The third-order valence-electron chi connectivity index (χ3n) is 4.15. The molecule has 0 aliphatic rings. The van der Waals surface area contributed by atoms with E-state index in [-0.39, 0.29) is 18.5 Å². The van der Waals surface area contributed by atoms with Gasteiger partial charge in [0.1, 0.15) is 6.54 Å². The lowest BCUT2D eigenvalue weighted by Gasteiger charge is -2.28. The first-order valence-electron chi connectivity index (χ1n) is 8.85. The first kappa shape index (κ1) is 21.4. The third-order valence-corrected chi connectivity index (χ3v) is 6.95. The summed E-state index contributed by atoms with van der Waals surface area (Å²) < 4.78 is 27.8. The fraction of sp³-hybridized carbons (Fsp3) is 0.421. The number of thiophene rings is 1. The predicted octanol–water partition coefficient (Wildman–Crippen LogP) is 3.33.